The quantitative estimate of drug-likeness (QED) is 0.187. The molecule has 0 bridgehead atoms. The number of halogens is 1. The standard InChI is InChI=1S/C21H36N4O3.HI/c1-21(2,3)28-20(26)25-18-11-9-17(10-12-18)13-15-24-19(22-4)23-14-7-6-8-16-27-5;/h9-12H,6-8,13-16H2,1-5H3,(H,25,26)(H2,22,23,24);1H. The molecule has 0 saturated carbocycles. The highest BCUT2D eigenvalue weighted by molar-refractivity contribution is 14.0. The Morgan fingerprint density at radius 2 is 1.69 bits per heavy atom. The molecule has 0 heterocycles. The van der Waals surface area contributed by atoms with E-state index in [1.54, 1.807) is 14.2 Å². The lowest BCUT2D eigenvalue weighted by Gasteiger charge is -2.19. The number of aliphatic imine (C=N–C) groups is 1. The number of hydrogen-bond acceptors (Lipinski definition) is 4. The first kappa shape index (κ1) is 27.5. The average molecular weight is 520 g/mol. The molecule has 0 aliphatic carbocycles. The molecule has 1 aromatic rings. The average Bonchev–Trinajstić information content (AvgIpc) is 2.63. The fraction of sp³-hybridized carbons (Fsp3) is 0.619. The number of ether oxygens (including phenoxy) is 2. The number of unbranched alkanes of at least 4 members (excludes halogenated alkanes) is 2. The molecule has 0 aromatic heterocycles. The number of guanidine groups is 1. The molecule has 166 valence electrons. The summed E-state index contributed by atoms with van der Waals surface area (Å²) in [5, 5.41) is 9.37. The Morgan fingerprint density at radius 3 is 2.28 bits per heavy atom. The van der Waals surface area contributed by atoms with Crippen molar-refractivity contribution in [1.82, 2.24) is 10.6 Å². The highest BCUT2D eigenvalue weighted by atomic mass is 127. The summed E-state index contributed by atoms with van der Waals surface area (Å²) in [6.07, 6.45) is 3.74. The summed E-state index contributed by atoms with van der Waals surface area (Å²) in [4.78, 5) is 16.0. The number of amides is 1. The number of carbonyl (C=O) groups excluding carboxylic acids is 1. The zero-order chi connectivity index (χ0) is 20.8. The minimum absolute atomic E-state index is 0. The van der Waals surface area contributed by atoms with E-state index in [-0.39, 0.29) is 24.0 Å². The molecular formula is C21H37IN4O3. The molecule has 8 heteroatoms. The van der Waals surface area contributed by atoms with Gasteiger partial charge in [-0.2, -0.15) is 0 Å². The van der Waals surface area contributed by atoms with Crippen molar-refractivity contribution in [2.75, 3.05) is 39.2 Å². The summed E-state index contributed by atoms with van der Waals surface area (Å²) < 4.78 is 10.3. The van der Waals surface area contributed by atoms with Crippen molar-refractivity contribution >= 4 is 41.7 Å². The molecule has 0 aliphatic heterocycles. The van der Waals surface area contributed by atoms with Gasteiger partial charge in [-0.15, -0.1) is 24.0 Å². The van der Waals surface area contributed by atoms with E-state index in [4.69, 9.17) is 9.47 Å². The third-order valence-electron chi connectivity index (χ3n) is 3.85. The molecule has 0 unspecified atom stereocenters. The lowest BCUT2D eigenvalue weighted by atomic mass is 10.1. The number of hydrogen-bond donors (Lipinski definition) is 3. The molecule has 0 aliphatic rings. The van der Waals surface area contributed by atoms with E-state index in [2.05, 4.69) is 20.9 Å². The minimum atomic E-state index is -0.508. The predicted octanol–water partition coefficient (Wildman–Crippen LogP) is 4.18. The number of nitrogens with zero attached hydrogens (tertiary/aromatic N) is 1. The fourth-order valence-corrected chi connectivity index (χ4v) is 2.48. The van der Waals surface area contributed by atoms with Gasteiger partial charge in [0.1, 0.15) is 5.60 Å². The lowest BCUT2D eigenvalue weighted by Crippen LogP contribution is -2.38. The second-order valence-electron chi connectivity index (χ2n) is 7.55. The maximum Gasteiger partial charge on any atom is 0.412 e. The van der Waals surface area contributed by atoms with Gasteiger partial charge >= 0.3 is 6.09 Å². The molecule has 0 radical (unpaired) electrons. The van der Waals surface area contributed by atoms with Crippen molar-refractivity contribution in [3.63, 3.8) is 0 Å². The van der Waals surface area contributed by atoms with Gasteiger partial charge in [-0.1, -0.05) is 12.1 Å². The van der Waals surface area contributed by atoms with Crippen molar-refractivity contribution in [1.29, 1.82) is 0 Å². The third-order valence-corrected chi connectivity index (χ3v) is 3.85. The molecule has 0 atom stereocenters. The molecule has 1 amide bonds. The summed E-state index contributed by atoms with van der Waals surface area (Å²) in [7, 11) is 3.51. The van der Waals surface area contributed by atoms with Gasteiger partial charge in [0.25, 0.3) is 0 Å². The molecule has 0 spiro atoms. The third kappa shape index (κ3) is 14.1. The molecule has 0 saturated heterocycles. The second kappa shape index (κ2) is 15.3. The molecule has 1 aromatic carbocycles. The van der Waals surface area contributed by atoms with Crippen molar-refractivity contribution in [3.05, 3.63) is 29.8 Å². The van der Waals surface area contributed by atoms with E-state index in [0.29, 0.717) is 0 Å². The maximum absolute atomic E-state index is 11.8. The van der Waals surface area contributed by atoms with Crippen LogP contribution in [0.2, 0.25) is 0 Å². The van der Waals surface area contributed by atoms with Gasteiger partial charge in [0.15, 0.2) is 5.96 Å². The van der Waals surface area contributed by atoms with Crippen molar-refractivity contribution in [3.8, 4) is 0 Å². The van der Waals surface area contributed by atoms with Crippen LogP contribution in [0, 0.1) is 0 Å². The van der Waals surface area contributed by atoms with Crippen LogP contribution in [0.3, 0.4) is 0 Å². The Kier molecular flexibility index (Phi) is 14.5. The Morgan fingerprint density at radius 1 is 1.03 bits per heavy atom. The van der Waals surface area contributed by atoms with Crippen LogP contribution in [-0.4, -0.2) is 51.5 Å². The zero-order valence-corrected chi connectivity index (χ0v) is 20.7. The highest BCUT2D eigenvalue weighted by Crippen LogP contribution is 2.13. The monoisotopic (exact) mass is 520 g/mol. The minimum Gasteiger partial charge on any atom is -0.444 e. The number of nitrogens with one attached hydrogen (secondary N) is 3. The zero-order valence-electron chi connectivity index (χ0n) is 18.3. The fourth-order valence-electron chi connectivity index (χ4n) is 2.48. The summed E-state index contributed by atoms with van der Waals surface area (Å²) in [5.41, 5.74) is 1.39. The molecule has 7 nitrogen and oxygen atoms in total. The van der Waals surface area contributed by atoms with E-state index in [1.807, 2.05) is 45.0 Å². The number of rotatable bonds is 10. The molecule has 1 rings (SSSR count). The summed E-state index contributed by atoms with van der Waals surface area (Å²) >= 11 is 0. The number of benzene rings is 1. The van der Waals surface area contributed by atoms with Crippen LogP contribution in [0.25, 0.3) is 0 Å². The summed E-state index contributed by atoms with van der Waals surface area (Å²) in [6, 6.07) is 7.76. The van der Waals surface area contributed by atoms with Gasteiger partial charge in [-0.05, 0) is 64.2 Å². The molecule has 29 heavy (non-hydrogen) atoms. The van der Waals surface area contributed by atoms with E-state index >= 15 is 0 Å². The van der Waals surface area contributed by atoms with Gasteiger partial charge in [-0.3, -0.25) is 10.3 Å². The maximum atomic E-state index is 11.8. The normalized spacial score (nSPS) is 11.4. The second-order valence-corrected chi connectivity index (χ2v) is 7.55. The first-order valence-electron chi connectivity index (χ1n) is 9.86. The molecule has 3 N–H and O–H groups in total. The number of methoxy groups -OCH3 is 1. The van der Waals surface area contributed by atoms with Crippen LogP contribution in [0.1, 0.15) is 45.6 Å². The van der Waals surface area contributed by atoms with Crippen molar-refractivity contribution in [2.24, 2.45) is 4.99 Å². The SMILES string of the molecule is CN=C(NCCCCCOC)NCCc1ccc(NC(=O)OC(C)(C)C)cc1.I. The highest BCUT2D eigenvalue weighted by Gasteiger charge is 2.16. The van der Waals surface area contributed by atoms with E-state index in [0.717, 1.165) is 57.0 Å². The number of carbonyl (C=O) groups is 1. The van der Waals surface area contributed by atoms with E-state index in [9.17, 15) is 4.79 Å². The first-order chi connectivity index (χ1) is 13.3. The first-order valence-corrected chi connectivity index (χ1v) is 9.86. The van der Waals surface area contributed by atoms with Gasteiger partial charge < -0.3 is 20.1 Å². The molecular weight excluding hydrogens is 483 g/mol. The lowest BCUT2D eigenvalue weighted by molar-refractivity contribution is 0.0636. The van der Waals surface area contributed by atoms with Crippen LogP contribution in [0.15, 0.2) is 29.3 Å². The molecule has 0 fully saturated rings. The van der Waals surface area contributed by atoms with Crippen molar-refractivity contribution in [2.45, 2.75) is 52.1 Å². The van der Waals surface area contributed by atoms with Gasteiger partial charge in [0.05, 0.1) is 0 Å². The predicted molar refractivity (Wildman–Crippen MR) is 131 cm³/mol. The number of anilines is 1. The van der Waals surface area contributed by atoms with Gasteiger partial charge in [0, 0.05) is 39.5 Å². The Labute approximate surface area is 192 Å². The van der Waals surface area contributed by atoms with Gasteiger partial charge in [-0.25, -0.2) is 4.79 Å². The summed E-state index contributed by atoms with van der Waals surface area (Å²) in [6.45, 7) is 8.02. The smallest absolute Gasteiger partial charge is 0.412 e. The Bertz CT molecular complexity index is 601. The summed E-state index contributed by atoms with van der Waals surface area (Å²) in [5.74, 6) is 0.815. The van der Waals surface area contributed by atoms with Crippen LogP contribution < -0.4 is 16.0 Å². The van der Waals surface area contributed by atoms with Crippen LogP contribution in [-0.2, 0) is 15.9 Å². The van der Waals surface area contributed by atoms with Crippen LogP contribution in [0.5, 0.6) is 0 Å². The Hall–Kier alpha value is -1.55. The topological polar surface area (TPSA) is 84.0 Å². The van der Waals surface area contributed by atoms with Crippen LogP contribution in [0.4, 0.5) is 10.5 Å². The van der Waals surface area contributed by atoms with E-state index in [1.165, 1.54) is 5.56 Å². The Balaban J connectivity index is 0.00000784. The van der Waals surface area contributed by atoms with Crippen LogP contribution >= 0.6 is 24.0 Å². The largest absolute Gasteiger partial charge is 0.444 e. The van der Waals surface area contributed by atoms with E-state index < -0.39 is 11.7 Å². The van der Waals surface area contributed by atoms with Crippen molar-refractivity contribution < 1.29 is 14.3 Å². The van der Waals surface area contributed by atoms with Gasteiger partial charge in [0.2, 0.25) is 0 Å².